The maximum atomic E-state index is 9.60. The highest BCUT2D eigenvalue weighted by atomic mass is 16.3. The quantitative estimate of drug-likeness (QED) is 0.555. The second-order valence-electron chi connectivity index (χ2n) is 4.03. The van der Waals surface area contributed by atoms with Gasteiger partial charge in [0.25, 0.3) is 0 Å². The molecule has 0 aliphatic heterocycles. The van der Waals surface area contributed by atoms with Crippen molar-refractivity contribution in [1.82, 2.24) is 15.1 Å². The van der Waals surface area contributed by atoms with Crippen molar-refractivity contribution < 1.29 is 5.11 Å². The van der Waals surface area contributed by atoms with Crippen LogP contribution in [-0.4, -0.2) is 74.9 Å². The Kier molecular flexibility index (Phi) is 8.08. The van der Waals surface area contributed by atoms with Gasteiger partial charge < -0.3 is 20.2 Å². The maximum absolute atomic E-state index is 9.60. The van der Waals surface area contributed by atoms with Crippen molar-refractivity contribution in [1.29, 1.82) is 0 Å². The molecule has 0 aliphatic carbocycles. The standard InChI is InChI=1S/C10H25N3O/c1-5-11-8-10(14)9-13(4)7-6-12(2)3/h10-11,14H,5-9H2,1-4H3. The van der Waals surface area contributed by atoms with Gasteiger partial charge in [-0.2, -0.15) is 0 Å². The molecule has 4 nitrogen and oxygen atoms in total. The lowest BCUT2D eigenvalue weighted by Gasteiger charge is -2.22. The van der Waals surface area contributed by atoms with Crippen LogP contribution in [0.3, 0.4) is 0 Å². The van der Waals surface area contributed by atoms with E-state index in [-0.39, 0.29) is 6.10 Å². The van der Waals surface area contributed by atoms with Crippen LogP contribution in [0, 0.1) is 0 Å². The summed E-state index contributed by atoms with van der Waals surface area (Å²) < 4.78 is 0. The molecular formula is C10H25N3O. The predicted molar refractivity (Wildman–Crippen MR) is 60.6 cm³/mol. The highest BCUT2D eigenvalue weighted by molar-refractivity contribution is 4.64. The largest absolute Gasteiger partial charge is 0.390 e. The van der Waals surface area contributed by atoms with Crippen LogP contribution in [0.2, 0.25) is 0 Å². The lowest BCUT2D eigenvalue weighted by Crippen LogP contribution is -2.38. The highest BCUT2D eigenvalue weighted by Crippen LogP contribution is 1.89. The summed E-state index contributed by atoms with van der Waals surface area (Å²) in [6.07, 6.45) is -0.262. The molecule has 1 atom stereocenters. The SMILES string of the molecule is CCNCC(O)CN(C)CCN(C)C. The lowest BCUT2D eigenvalue weighted by atomic mass is 10.3. The maximum Gasteiger partial charge on any atom is 0.0791 e. The lowest BCUT2D eigenvalue weighted by molar-refractivity contribution is 0.121. The zero-order chi connectivity index (χ0) is 11.0. The van der Waals surface area contributed by atoms with Gasteiger partial charge in [0.05, 0.1) is 6.10 Å². The normalized spacial score (nSPS) is 13.9. The Bertz CT molecular complexity index is 131. The fourth-order valence-corrected chi connectivity index (χ4v) is 1.20. The summed E-state index contributed by atoms with van der Waals surface area (Å²) in [4.78, 5) is 4.30. The average molecular weight is 203 g/mol. The number of hydrogen-bond donors (Lipinski definition) is 2. The summed E-state index contributed by atoms with van der Waals surface area (Å²) in [6, 6.07) is 0. The van der Waals surface area contributed by atoms with E-state index in [9.17, 15) is 5.11 Å². The van der Waals surface area contributed by atoms with Crippen LogP contribution >= 0.6 is 0 Å². The third-order valence-corrected chi connectivity index (χ3v) is 2.08. The minimum Gasteiger partial charge on any atom is -0.390 e. The van der Waals surface area contributed by atoms with Gasteiger partial charge in [0.1, 0.15) is 0 Å². The molecule has 0 aromatic carbocycles. The molecule has 0 fully saturated rings. The minimum absolute atomic E-state index is 0.262. The molecule has 0 saturated carbocycles. The van der Waals surface area contributed by atoms with Crippen molar-refractivity contribution in [2.24, 2.45) is 0 Å². The first-order valence-electron chi connectivity index (χ1n) is 5.28. The molecule has 0 amide bonds. The summed E-state index contributed by atoms with van der Waals surface area (Å²) in [5, 5.41) is 12.7. The van der Waals surface area contributed by atoms with E-state index >= 15 is 0 Å². The van der Waals surface area contributed by atoms with Crippen LogP contribution in [-0.2, 0) is 0 Å². The minimum atomic E-state index is -0.262. The number of nitrogens with one attached hydrogen (secondary N) is 1. The number of nitrogens with zero attached hydrogens (tertiary/aromatic N) is 2. The van der Waals surface area contributed by atoms with Crippen molar-refractivity contribution >= 4 is 0 Å². The van der Waals surface area contributed by atoms with Crippen LogP contribution in [0.5, 0.6) is 0 Å². The summed E-state index contributed by atoms with van der Waals surface area (Å²) in [7, 11) is 6.16. The Morgan fingerprint density at radius 2 is 1.86 bits per heavy atom. The van der Waals surface area contributed by atoms with Gasteiger partial charge in [0.2, 0.25) is 0 Å². The van der Waals surface area contributed by atoms with E-state index in [1.165, 1.54) is 0 Å². The molecule has 0 bridgehead atoms. The second-order valence-corrected chi connectivity index (χ2v) is 4.03. The van der Waals surface area contributed by atoms with Gasteiger partial charge in [-0.25, -0.2) is 0 Å². The number of hydrogen-bond acceptors (Lipinski definition) is 4. The highest BCUT2D eigenvalue weighted by Gasteiger charge is 2.07. The molecule has 86 valence electrons. The topological polar surface area (TPSA) is 38.7 Å². The Balaban J connectivity index is 3.44. The molecule has 0 heterocycles. The van der Waals surface area contributed by atoms with Gasteiger partial charge in [-0.3, -0.25) is 0 Å². The van der Waals surface area contributed by atoms with Gasteiger partial charge >= 0.3 is 0 Å². The van der Waals surface area contributed by atoms with E-state index in [4.69, 9.17) is 0 Å². The fourth-order valence-electron chi connectivity index (χ4n) is 1.20. The van der Waals surface area contributed by atoms with Gasteiger partial charge in [-0.1, -0.05) is 6.92 Å². The molecule has 4 heteroatoms. The van der Waals surface area contributed by atoms with Crippen LogP contribution in [0.25, 0.3) is 0 Å². The van der Waals surface area contributed by atoms with Crippen molar-refractivity contribution in [3.05, 3.63) is 0 Å². The monoisotopic (exact) mass is 203 g/mol. The number of likely N-dealkylation sites (N-methyl/N-ethyl adjacent to an activating group) is 3. The molecule has 1 unspecified atom stereocenters. The fraction of sp³-hybridized carbons (Fsp3) is 1.00. The van der Waals surface area contributed by atoms with Crippen molar-refractivity contribution in [3.8, 4) is 0 Å². The van der Waals surface area contributed by atoms with E-state index in [0.717, 1.165) is 26.2 Å². The third kappa shape index (κ3) is 8.44. The van der Waals surface area contributed by atoms with Crippen LogP contribution in [0.4, 0.5) is 0 Å². The summed E-state index contributed by atoms with van der Waals surface area (Å²) in [5.41, 5.74) is 0. The molecule has 0 aliphatic rings. The molecule has 14 heavy (non-hydrogen) atoms. The van der Waals surface area contributed by atoms with E-state index in [1.807, 2.05) is 14.0 Å². The van der Waals surface area contributed by atoms with Crippen molar-refractivity contribution in [2.45, 2.75) is 13.0 Å². The van der Waals surface area contributed by atoms with Crippen molar-refractivity contribution in [2.75, 3.05) is 53.9 Å². The first-order valence-corrected chi connectivity index (χ1v) is 5.28. The summed E-state index contributed by atoms with van der Waals surface area (Å²) >= 11 is 0. The number of rotatable bonds is 8. The molecule has 0 rings (SSSR count). The van der Waals surface area contributed by atoms with Crippen LogP contribution in [0.15, 0.2) is 0 Å². The molecule has 2 N–H and O–H groups in total. The first-order chi connectivity index (χ1) is 6.56. The Hall–Kier alpha value is -0.160. The summed E-state index contributed by atoms with van der Waals surface area (Å²) in [6.45, 7) is 6.41. The van der Waals surface area contributed by atoms with E-state index in [0.29, 0.717) is 6.54 Å². The molecule has 0 radical (unpaired) electrons. The van der Waals surface area contributed by atoms with Gasteiger partial charge in [0, 0.05) is 26.2 Å². The van der Waals surface area contributed by atoms with Gasteiger partial charge in [-0.15, -0.1) is 0 Å². The van der Waals surface area contributed by atoms with Crippen LogP contribution < -0.4 is 5.32 Å². The van der Waals surface area contributed by atoms with Gasteiger partial charge in [0.15, 0.2) is 0 Å². The second kappa shape index (κ2) is 8.17. The average Bonchev–Trinajstić information content (AvgIpc) is 2.11. The van der Waals surface area contributed by atoms with Gasteiger partial charge in [-0.05, 0) is 27.7 Å². The predicted octanol–water partition coefficient (Wildman–Crippen LogP) is -0.550. The zero-order valence-corrected chi connectivity index (χ0v) is 9.95. The van der Waals surface area contributed by atoms with E-state index in [2.05, 4.69) is 29.2 Å². The Morgan fingerprint density at radius 1 is 1.21 bits per heavy atom. The van der Waals surface area contributed by atoms with Crippen molar-refractivity contribution in [3.63, 3.8) is 0 Å². The smallest absolute Gasteiger partial charge is 0.0791 e. The molecular weight excluding hydrogens is 178 g/mol. The van der Waals surface area contributed by atoms with Crippen LogP contribution in [0.1, 0.15) is 6.92 Å². The first kappa shape index (κ1) is 13.8. The molecule has 0 spiro atoms. The Labute approximate surface area is 87.9 Å². The number of aliphatic hydroxyl groups excluding tert-OH is 1. The molecule has 0 aromatic rings. The van der Waals surface area contributed by atoms with E-state index < -0.39 is 0 Å². The third-order valence-electron chi connectivity index (χ3n) is 2.08. The Morgan fingerprint density at radius 3 is 2.36 bits per heavy atom. The zero-order valence-electron chi connectivity index (χ0n) is 9.95. The summed E-state index contributed by atoms with van der Waals surface area (Å²) in [5.74, 6) is 0. The molecule has 0 saturated heterocycles. The van der Waals surface area contributed by atoms with E-state index in [1.54, 1.807) is 0 Å². The number of aliphatic hydroxyl groups is 1. The molecule has 0 aromatic heterocycles.